The van der Waals surface area contributed by atoms with E-state index in [4.69, 9.17) is 5.73 Å². The Labute approximate surface area is 102 Å². The monoisotopic (exact) mass is 235 g/mol. The zero-order valence-corrected chi connectivity index (χ0v) is 10.4. The first-order valence-corrected chi connectivity index (χ1v) is 6.40. The summed E-state index contributed by atoms with van der Waals surface area (Å²) in [6, 6.07) is 3.85. The highest BCUT2D eigenvalue weighted by molar-refractivity contribution is 5.93. The maximum absolute atomic E-state index is 12.3. The molecule has 1 amide bonds. The normalized spacial score (nSPS) is 19.9. The molecule has 1 aromatic rings. The second kappa shape index (κ2) is 5.36. The van der Waals surface area contributed by atoms with E-state index in [1.165, 1.54) is 0 Å². The number of aromatic nitrogens is 1. The van der Waals surface area contributed by atoms with E-state index in [2.05, 4.69) is 6.92 Å². The smallest absolute Gasteiger partial charge is 0.270 e. The van der Waals surface area contributed by atoms with Crippen molar-refractivity contribution >= 4 is 5.91 Å². The highest BCUT2D eigenvalue weighted by atomic mass is 16.2. The molecule has 1 unspecified atom stereocenters. The summed E-state index contributed by atoms with van der Waals surface area (Å²) in [6.07, 6.45) is 4.06. The Balaban J connectivity index is 2.06. The van der Waals surface area contributed by atoms with Gasteiger partial charge in [-0.2, -0.15) is 0 Å². The van der Waals surface area contributed by atoms with Gasteiger partial charge in [-0.15, -0.1) is 0 Å². The molecule has 4 nitrogen and oxygen atoms in total. The summed E-state index contributed by atoms with van der Waals surface area (Å²) < 4.78 is 2.04. The van der Waals surface area contributed by atoms with Gasteiger partial charge in [0, 0.05) is 25.8 Å². The molecule has 4 heteroatoms. The SMILES string of the molecule is CCCn1cccc1C(=O)N1CCC(CN)C1. The Morgan fingerprint density at radius 3 is 3.06 bits per heavy atom. The standard InChI is InChI=1S/C13H21N3O/c1-2-6-15-7-3-4-12(15)13(17)16-8-5-11(9-14)10-16/h3-4,7,11H,2,5-6,8-10,14H2,1H3. The van der Waals surface area contributed by atoms with Crippen LogP contribution in [0.1, 0.15) is 30.3 Å². The number of carbonyl (C=O) groups excluding carboxylic acids is 1. The quantitative estimate of drug-likeness (QED) is 0.855. The number of nitrogens with two attached hydrogens (primary N) is 1. The molecule has 94 valence electrons. The third kappa shape index (κ3) is 2.52. The van der Waals surface area contributed by atoms with Gasteiger partial charge in [0.05, 0.1) is 0 Å². The van der Waals surface area contributed by atoms with Crippen molar-refractivity contribution in [3.05, 3.63) is 24.0 Å². The van der Waals surface area contributed by atoms with Crippen LogP contribution in [0.4, 0.5) is 0 Å². The maximum Gasteiger partial charge on any atom is 0.270 e. The highest BCUT2D eigenvalue weighted by Crippen LogP contribution is 2.18. The van der Waals surface area contributed by atoms with Gasteiger partial charge < -0.3 is 15.2 Å². The van der Waals surface area contributed by atoms with Crippen molar-refractivity contribution in [3.63, 3.8) is 0 Å². The van der Waals surface area contributed by atoms with Crippen molar-refractivity contribution in [2.45, 2.75) is 26.3 Å². The van der Waals surface area contributed by atoms with Crippen LogP contribution in [0.2, 0.25) is 0 Å². The van der Waals surface area contributed by atoms with E-state index < -0.39 is 0 Å². The maximum atomic E-state index is 12.3. The van der Waals surface area contributed by atoms with Gasteiger partial charge in [-0.1, -0.05) is 6.92 Å². The summed E-state index contributed by atoms with van der Waals surface area (Å²) in [5.41, 5.74) is 6.46. The van der Waals surface area contributed by atoms with Crippen LogP contribution in [-0.4, -0.2) is 35.0 Å². The van der Waals surface area contributed by atoms with Gasteiger partial charge in [0.15, 0.2) is 0 Å². The molecule has 1 fully saturated rings. The third-order valence-corrected chi connectivity index (χ3v) is 3.42. The van der Waals surface area contributed by atoms with Crippen molar-refractivity contribution in [1.82, 2.24) is 9.47 Å². The number of carbonyl (C=O) groups is 1. The average molecular weight is 235 g/mol. The molecule has 0 aromatic carbocycles. The molecule has 2 N–H and O–H groups in total. The predicted molar refractivity (Wildman–Crippen MR) is 67.8 cm³/mol. The van der Waals surface area contributed by atoms with Gasteiger partial charge in [0.25, 0.3) is 5.91 Å². The number of amides is 1. The highest BCUT2D eigenvalue weighted by Gasteiger charge is 2.27. The number of hydrogen-bond donors (Lipinski definition) is 1. The minimum absolute atomic E-state index is 0.152. The molecular formula is C13H21N3O. The Kier molecular flexibility index (Phi) is 3.84. The molecule has 2 rings (SSSR count). The number of rotatable bonds is 4. The summed E-state index contributed by atoms with van der Waals surface area (Å²) in [5, 5.41) is 0. The lowest BCUT2D eigenvalue weighted by Crippen LogP contribution is -2.31. The van der Waals surface area contributed by atoms with Gasteiger partial charge in [0.2, 0.25) is 0 Å². The molecule has 1 atom stereocenters. The summed E-state index contributed by atoms with van der Waals surface area (Å²) in [7, 11) is 0. The van der Waals surface area contributed by atoms with Crippen molar-refractivity contribution in [1.29, 1.82) is 0 Å². The summed E-state index contributed by atoms with van der Waals surface area (Å²) in [5.74, 6) is 0.632. The lowest BCUT2D eigenvalue weighted by Gasteiger charge is -2.17. The van der Waals surface area contributed by atoms with Crippen molar-refractivity contribution in [2.75, 3.05) is 19.6 Å². The van der Waals surface area contributed by atoms with Crippen LogP contribution in [0, 0.1) is 5.92 Å². The lowest BCUT2D eigenvalue weighted by molar-refractivity contribution is 0.0777. The molecule has 1 aliphatic heterocycles. The van der Waals surface area contributed by atoms with Crippen molar-refractivity contribution in [3.8, 4) is 0 Å². The first-order chi connectivity index (χ1) is 8.26. The summed E-state index contributed by atoms with van der Waals surface area (Å²) in [4.78, 5) is 14.3. The van der Waals surface area contributed by atoms with Crippen LogP contribution in [0.5, 0.6) is 0 Å². The van der Waals surface area contributed by atoms with Gasteiger partial charge >= 0.3 is 0 Å². The molecule has 0 aliphatic carbocycles. The molecule has 0 saturated carbocycles. The predicted octanol–water partition coefficient (Wildman–Crippen LogP) is 1.32. The third-order valence-electron chi connectivity index (χ3n) is 3.42. The first kappa shape index (κ1) is 12.2. The largest absolute Gasteiger partial charge is 0.344 e. The van der Waals surface area contributed by atoms with E-state index in [0.29, 0.717) is 12.5 Å². The topological polar surface area (TPSA) is 51.3 Å². The van der Waals surface area contributed by atoms with E-state index in [9.17, 15) is 4.79 Å². The number of aryl methyl sites for hydroxylation is 1. The fourth-order valence-corrected chi connectivity index (χ4v) is 2.42. The number of likely N-dealkylation sites (tertiary alicyclic amines) is 1. The molecule has 0 spiro atoms. The Hall–Kier alpha value is -1.29. The van der Waals surface area contributed by atoms with E-state index in [-0.39, 0.29) is 5.91 Å². The second-order valence-electron chi connectivity index (χ2n) is 4.73. The van der Waals surface area contributed by atoms with Crippen LogP contribution in [0.3, 0.4) is 0 Å². The fourth-order valence-electron chi connectivity index (χ4n) is 2.42. The van der Waals surface area contributed by atoms with E-state index >= 15 is 0 Å². The van der Waals surface area contributed by atoms with Crippen LogP contribution in [0.25, 0.3) is 0 Å². The summed E-state index contributed by atoms with van der Waals surface area (Å²) >= 11 is 0. The van der Waals surface area contributed by atoms with Crippen LogP contribution in [0.15, 0.2) is 18.3 Å². The molecule has 0 bridgehead atoms. The minimum Gasteiger partial charge on any atom is -0.344 e. The molecule has 0 radical (unpaired) electrons. The molecule has 1 aliphatic rings. The molecule has 1 saturated heterocycles. The van der Waals surface area contributed by atoms with Gasteiger partial charge in [0.1, 0.15) is 5.69 Å². The van der Waals surface area contributed by atoms with Crippen LogP contribution < -0.4 is 5.73 Å². The number of hydrogen-bond acceptors (Lipinski definition) is 2. The zero-order valence-electron chi connectivity index (χ0n) is 10.4. The molecule has 2 heterocycles. The average Bonchev–Trinajstić information content (AvgIpc) is 2.97. The zero-order chi connectivity index (χ0) is 12.3. The number of nitrogens with zero attached hydrogens (tertiary/aromatic N) is 2. The fraction of sp³-hybridized carbons (Fsp3) is 0.615. The molecular weight excluding hydrogens is 214 g/mol. The van der Waals surface area contributed by atoms with Crippen molar-refractivity contribution in [2.24, 2.45) is 11.7 Å². The van der Waals surface area contributed by atoms with Gasteiger partial charge in [-0.3, -0.25) is 4.79 Å². The van der Waals surface area contributed by atoms with Gasteiger partial charge in [-0.05, 0) is 37.4 Å². The Bertz CT molecular complexity index is 386. The Morgan fingerprint density at radius 2 is 2.41 bits per heavy atom. The van der Waals surface area contributed by atoms with Crippen LogP contribution >= 0.6 is 0 Å². The minimum atomic E-state index is 0.152. The lowest BCUT2D eigenvalue weighted by atomic mass is 10.1. The van der Waals surface area contributed by atoms with Crippen LogP contribution in [-0.2, 0) is 6.54 Å². The first-order valence-electron chi connectivity index (χ1n) is 6.40. The van der Waals surface area contributed by atoms with E-state index in [1.54, 1.807) is 0 Å². The van der Waals surface area contributed by atoms with Gasteiger partial charge in [-0.25, -0.2) is 0 Å². The molecule has 17 heavy (non-hydrogen) atoms. The van der Waals surface area contributed by atoms with E-state index in [1.807, 2.05) is 27.8 Å². The summed E-state index contributed by atoms with van der Waals surface area (Å²) in [6.45, 7) is 5.36. The molecule has 1 aromatic heterocycles. The second-order valence-corrected chi connectivity index (χ2v) is 4.73. The Morgan fingerprint density at radius 1 is 1.59 bits per heavy atom. The van der Waals surface area contributed by atoms with E-state index in [0.717, 1.165) is 38.2 Å². The van der Waals surface area contributed by atoms with Crippen molar-refractivity contribution < 1.29 is 4.79 Å².